The fourth-order valence-corrected chi connectivity index (χ4v) is 3.52. The number of rotatable bonds is 5. The SMILES string of the molecule is CC(=O)/C(C(=O)c1c2ccccc2cc2ccccc12)=C(/C)[O-].CC(=O)/C=C(/C)[O-].CC(=O)/C=C(/C)[O-].[Rh+3]. The molecule has 0 spiro atoms. The Labute approximate surface area is 234 Å². The maximum atomic E-state index is 13.0. The number of ketones is 4. The first kappa shape index (κ1) is 34.1. The van der Waals surface area contributed by atoms with Gasteiger partial charge in [-0.15, -0.1) is 17.3 Å². The molecule has 0 aromatic heterocycles. The Bertz CT molecular complexity index is 1340. The molecular formula is C30H29O7Rh. The third-order valence-electron chi connectivity index (χ3n) is 4.74. The van der Waals surface area contributed by atoms with Crippen LogP contribution in [-0.4, -0.2) is 23.1 Å². The van der Waals surface area contributed by atoms with Gasteiger partial charge in [0.05, 0.1) is 5.57 Å². The minimum atomic E-state index is -0.502. The van der Waals surface area contributed by atoms with E-state index in [-0.39, 0.29) is 48.1 Å². The molecule has 0 saturated carbocycles. The van der Waals surface area contributed by atoms with Crippen molar-refractivity contribution in [2.24, 2.45) is 0 Å². The van der Waals surface area contributed by atoms with E-state index in [1.807, 2.05) is 54.6 Å². The fourth-order valence-electron chi connectivity index (χ4n) is 3.52. The van der Waals surface area contributed by atoms with Gasteiger partial charge in [0.2, 0.25) is 0 Å². The monoisotopic (exact) mass is 604 g/mol. The van der Waals surface area contributed by atoms with Crippen LogP contribution in [0.4, 0.5) is 0 Å². The van der Waals surface area contributed by atoms with Gasteiger partial charge in [-0.25, -0.2) is 0 Å². The first-order valence-corrected chi connectivity index (χ1v) is 11.3. The zero-order valence-corrected chi connectivity index (χ0v) is 23.7. The largest absolute Gasteiger partial charge is 3.00 e. The molecule has 8 heteroatoms. The first-order chi connectivity index (χ1) is 17.3. The molecule has 7 nitrogen and oxygen atoms in total. The maximum absolute atomic E-state index is 13.0. The van der Waals surface area contributed by atoms with Crippen molar-refractivity contribution in [3.05, 3.63) is 95.2 Å². The summed E-state index contributed by atoms with van der Waals surface area (Å²) < 4.78 is 0. The third-order valence-corrected chi connectivity index (χ3v) is 4.74. The molecule has 0 aliphatic rings. The van der Waals surface area contributed by atoms with Crippen molar-refractivity contribution in [3.63, 3.8) is 0 Å². The second-order valence-electron chi connectivity index (χ2n) is 8.24. The standard InChI is InChI=1S/C20H16O3.2C5H8O2.Rh/c1-12(21)18(13(2)22)20(23)19-16-9-5-3-7-14(16)11-15-8-4-6-10-17(15)19;2*1-4(6)3-5(2)7;/h3-11,21H,1-2H3;2*3,6H,1-2H3;/q;;;+3/p-3/b18-12+;2*4-3-;. The zero-order chi connectivity index (χ0) is 28.3. The van der Waals surface area contributed by atoms with Gasteiger partial charge in [-0.3, -0.25) is 19.2 Å². The molecule has 0 amide bonds. The minimum absolute atomic E-state index is 0. The molecule has 38 heavy (non-hydrogen) atoms. The van der Waals surface area contributed by atoms with E-state index in [2.05, 4.69) is 0 Å². The van der Waals surface area contributed by atoms with Gasteiger partial charge >= 0.3 is 19.5 Å². The molecule has 0 unspecified atom stereocenters. The summed E-state index contributed by atoms with van der Waals surface area (Å²) in [4.78, 5) is 44.7. The molecule has 0 aliphatic carbocycles. The van der Waals surface area contributed by atoms with Crippen molar-refractivity contribution >= 4 is 44.7 Å². The second-order valence-corrected chi connectivity index (χ2v) is 8.24. The Morgan fingerprint density at radius 2 is 1.00 bits per heavy atom. The van der Waals surface area contributed by atoms with Gasteiger partial charge in [0, 0.05) is 5.56 Å². The Morgan fingerprint density at radius 3 is 1.26 bits per heavy atom. The number of carbonyl (C=O) groups is 4. The van der Waals surface area contributed by atoms with Crippen molar-refractivity contribution in [2.45, 2.75) is 41.5 Å². The van der Waals surface area contributed by atoms with Crippen molar-refractivity contribution in [1.82, 2.24) is 0 Å². The van der Waals surface area contributed by atoms with E-state index in [1.165, 1.54) is 41.5 Å². The number of benzene rings is 3. The Balaban J connectivity index is 0.000000760. The molecule has 0 N–H and O–H groups in total. The predicted molar refractivity (Wildman–Crippen MR) is 138 cm³/mol. The molecule has 0 aliphatic heterocycles. The van der Waals surface area contributed by atoms with Gasteiger partial charge in [0.25, 0.3) is 0 Å². The third kappa shape index (κ3) is 10.6. The summed E-state index contributed by atoms with van der Waals surface area (Å²) in [5.41, 5.74) is 0.144. The van der Waals surface area contributed by atoms with Crippen LogP contribution in [0.25, 0.3) is 21.5 Å². The quantitative estimate of drug-likeness (QED) is 0.0830. The van der Waals surface area contributed by atoms with Crippen LogP contribution in [0.5, 0.6) is 0 Å². The summed E-state index contributed by atoms with van der Waals surface area (Å²) in [5, 5.41) is 35.0. The van der Waals surface area contributed by atoms with Gasteiger partial charge in [0.1, 0.15) is 0 Å². The molecule has 3 aromatic carbocycles. The number of fused-ring (bicyclic) bond motifs is 2. The van der Waals surface area contributed by atoms with Gasteiger partial charge < -0.3 is 15.3 Å². The summed E-state index contributed by atoms with van der Waals surface area (Å²) in [6.45, 7) is 7.90. The van der Waals surface area contributed by atoms with Crippen molar-refractivity contribution in [3.8, 4) is 0 Å². The number of carbonyl (C=O) groups excluding carboxylic acids is 4. The van der Waals surface area contributed by atoms with E-state index in [9.17, 15) is 34.5 Å². The first-order valence-electron chi connectivity index (χ1n) is 11.3. The van der Waals surface area contributed by atoms with Gasteiger partial charge in [-0.05, 0) is 60.5 Å². The van der Waals surface area contributed by atoms with Crippen LogP contribution in [0, 0.1) is 0 Å². The molecule has 0 bridgehead atoms. The van der Waals surface area contributed by atoms with Gasteiger partial charge in [-0.1, -0.05) is 69.3 Å². The van der Waals surface area contributed by atoms with Crippen LogP contribution in [0.3, 0.4) is 0 Å². The molecule has 0 fully saturated rings. The Kier molecular flexibility index (Phi) is 14.4. The summed E-state index contributed by atoms with van der Waals surface area (Å²) in [5.74, 6) is -2.25. The van der Waals surface area contributed by atoms with E-state index >= 15 is 0 Å². The van der Waals surface area contributed by atoms with Crippen LogP contribution < -0.4 is 15.3 Å². The predicted octanol–water partition coefficient (Wildman–Crippen LogP) is 3.08. The number of allylic oxidation sites excluding steroid dienone is 6. The van der Waals surface area contributed by atoms with Crippen LogP contribution >= 0.6 is 0 Å². The van der Waals surface area contributed by atoms with E-state index in [4.69, 9.17) is 0 Å². The smallest absolute Gasteiger partial charge is 0.876 e. The molecule has 200 valence electrons. The van der Waals surface area contributed by atoms with Crippen LogP contribution in [-0.2, 0) is 33.9 Å². The van der Waals surface area contributed by atoms with Crippen molar-refractivity contribution in [1.29, 1.82) is 0 Å². The second kappa shape index (κ2) is 16.1. The van der Waals surface area contributed by atoms with Crippen LogP contribution in [0.1, 0.15) is 51.9 Å². The summed E-state index contributed by atoms with van der Waals surface area (Å²) in [6, 6.07) is 17.0. The number of Topliss-reactive ketones (excluding diaryl/α,β-unsaturated/α-hetero) is 2. The van der Waals surface area contributed by atoms with Gasteiger partial charge in [-0.2, -0.15) is 0 Å². The Hall–Kier alpha value is -3.90. The van der Waals surface area contributed by atoms with Gasteiger partial charge in [0.15, 0.2) is 23.1 Å². The molecule has 3 rings (SSSR count). The van der Waals surface area contributed by atoms with Crippen molar-refractivity contribution < 1.29 is 54.0 Å². The topological polar surface area (TPSA) is 137 Å². The average molecular weight is 604 g/mol. The van der Waals surface area contributed by atoms with E-state index < -0.39 is 17.3 Å². The summed E-state index contributed by atoms with van der Waals surface area (Å²) >= 11 is 0. The number of hydrogen-bond acceptors (Lipinski definition) is 7. The summed E-state index contributed by atoms with van der Waals surface area (Å²) in [6.07, 6.45) is 2.11. The molecule has 0 heterocycles. The maximum Gasteiger partial charge on any atom is 3.00 e. The zero-order valence-electron chi connectivity index (χ0n) is 22.0. The molecular weight excluding hydrogens is 575 g/mol. The molecule has 0 atom stereocenters. The van der Waals surface area contributed by atoms with E-state index in [0.29, 0.717) is 5.56 Å². The molecule has 0 saturated heterocycles. The van der Waals surface area contributed by atoms with Crippen LogP contribution in [0.2, 0.25) is 0 Å². The molecule has 0 radical (unpaired) electrons. The average Bonchev–Trinajstić information content (AvgIpc) is 2.75. The van der Waals surface area contributed by atoms with E-state index in [1.54, 1.807) is 0 Å². The minimum Gasteiger partial charge on any atom is -0.876 e. The van der Waals surface area contributed by atoms with Crippen molar-refractivity contribution in [2.75, 3.05) is 0 Å². The molecule has 3 aromatic rings. The fraction of sp³-hybridized carbons (Fsp3) is 0.200. The summed E-state index contributed by atoms with van der Waals surface area (Å²) in [7, 11) is 0. The van der Waals surface area contributed by atoms with E-state index in [0.717, 1.165) is 33.7 Å². The normalized spacial score (nSPS) is 11.6. The van der Waals surface area contributed by atoms with Crippen LogP contribution in [0.15, 0.2) is 89.6 Å². The Morgan fingerprint density at radius 1 is 0.632 bits per heavy atom. The number of hydrogen-bond donors (Lipinski definition) is 0.